The van der Waals surface area contributed by atoms with Crippen LogP contribution >= 0.6 is 0 Å². The normalized spacial score (nSPS) is 13.6. The maximum absolute atomic E-state index is 8.32. The van der Waals surface area contributed by atoms with Crippen LogP contribution < -0.4 is 14.8 Å². The SMILES string of the molecule is CCC(OC(c1ccccc1)(c1ccccc1)c1cccc(OC)c1)(C(O[Si](C)C)C(C)(C)C)n1cnc2c(NC(c3ccccc3)(c3ccccc3)c3ccccc3OC)ncnc21. The zero-order valence-corrected chi connectivity index (χ0v) is 39.5. The molecule has 10 heteroatoms. The Balaban J connectivity index is 1.44. The lowest BCUT2D eigenvalue weighted by Gasteiger charge is -2.52. The Labute approximate surface area is 385 Å². The first-order chi connectivity index (χ1) is 31.5. The highest BCUT2D eigenvalue weighted by atomic mass is 28.3. The number of ether oxygens (including phenoxy) is 3. The van der Waals surface area contributed by atoms with Crippen LogP contribution in [0.2, 0.25) is 13.1 Å². The second kappa shape index (κ2) is 18.9. The predicted molar refractivity (Wildman–Crippen MR) is 262 cm³/mol. The van der Waals surface area contributed by atoms with Gasteiger partial charge in [0.05, 0.1) is 26.7 Å². The van der Waals surface area contributed by atoms with Gasteiger partial charge in [0.25, 0.3) is 0 Å². The second-order valence-electron chi connectivity index (χ2n) is 17.5. The molecule has 2 atom stereocenters. The molecule has 0 aliphatic rings. The number of hydrogen-bond donors (Lipinski definition) is 1. The largest absolute Gasteiger partial charge is 0.497 e. The third-order valence-corrected chi connectivity index (χ3v) is 12.9. The number of methoxy groups -OCH3 is 2. The molecule has 0 amide bonds. The summed E-state index contributed by atoms with van der Waals surface area (Å²) in [6, 6.07) is 57.9. The number of aromatic nitrogens is 4. The Bertz CT molecular complexity index is 2720. The second-order valence-corrected chi connectivity index (χ2v) is 19.6. The van der Waals surface area contributed by atoms with E-state index in [1.807, 2.05) is 60.9 Å². The minimum atomic E-state index is -1.33. The van der Waals surface area contributed by atoms with Gasteiger partial charge in [-0.1, -0.05) is 179 Å². The van der Waals surface area contributed by atoms with E-state index in [0.29, 0.717) is 29.2 Å². The molecular weight excluding hydrogens is 823 g/mol. The number of anilines is 1. The molecule has 0 saturated heterocycles. The van der Waals surface area contributed by atoms with Gasteiger partial charge in [0.1, 0.15) is 29.0 Å². The highest BCUT2D eigenvalue weighted by molar-refractivity contribution is 6.48. The van der Waals surface area contributed by atoms with E-state index in [-0.39, 0.29) is 0 Å². The van der Waals surface area contributed by atoms with E-state index in [9.17, 15) is 0 Å². The molecule has 0 aliphatic carbocycles. The molecule has 2 unspecified atom stereocenters. The predicted octanol–water partition coefficient (Wildman–Crippen LogP) is 12.0. The maximum atomic E-state index is 8.32. The summed E-state index contributed by atoms with van der Waals surface area (Å²) in [6.07, 6.45) is 3.44. The summed E-state index contributed by atoms with van der Waals surface area (Å²) in [5, 5.41) is 3.98. The van der Waals surface area contributed by atoms with Crippen LogP contribution in [-0.4, -0.2) is 48.9 Å². The highest BCUT2D eigenvalue weighted by Crippen LogP contribution is 2.52. The lowest BCUT2D eigenvalue weighted by atomic mass is 9.76. The molecule has 65 heavy (non-hydrogen) atoms. The third-order valence-electron chi connectivity index (χ3n) is 12.2. The first-order valence-corrected chi connectivity index (χ1v) is 24.6. The number of imidazole rings is 1. The van der Waals surface area contributed by atoms with Gasteiger partial charge in [-0.05, 0) is 70.9 Å². The van der Waals surface area contributed by atoms with Gasteiger partial charge in [0.15, 0.2) is 22.7 Å². The van der Waals surface area contributed by atoms with Crippen molar-refractivity contribution in [2.75, 3.05) is 19.5 Å². The number of nitrogens with one attached hydrogen (secondary N) is 1. The topological polar surface area (TPSA) is 92.6 Å². The summed E-state index contributed by atoms with van der Waals surface area (Å²) in [4.78, 5) is 15.4. The monoisotopic (exact) mass is 880 g/mol. The molecule has 1 N–H and O–H groups in total. The minimum Gasteiger partial charge on any atom is -0.497 e. The van der Waals surface area contributed by atoms with Crippen molar-refractivity contribution in [3.05, 3.63) is 216 Å². The molecule has 0 aliphatic heterocycles. The molecule has 0 bridgehead atoms. The van der Waals surface area contributed by atoms with Crippen molar-refractivity contribution in [2.24, 2.45) is 5.41 Å². The summed E-state index contributed by atoms with van der Waals surface area (Å²) >= 11 is 0. The van der Waals surface area contributed by atoms with Crippen molar-refractivity contribution in [2.45, 2.75) is 70.2 Å². The van der Waals surface area contributed by atoms with Crippen molar-refractivity contribution < 1.29 is 18.6 Å². The third kappa shape index (κ3) is 8.34. The van der Waals surface area contributed by atoms with Gasteiger partial charge in [-0.3, -0.25) is 4.57 Å². The van der Waals surface area contributed by atoms with Crippen LogP contribution in [0.1, 0.15) is 67.5 Å². The van der Waals surface area contributed by atoms with Crippen molar-refractivity contribution in [3.8, 4) is 11.5 Å². The maximum Gasteiger partial charge on any atom is 0.205 e. The molecule has 2 aromatic heterocycles. The molecule has 0 saturated carbocycles. The Morgan fingerprint density at radius 2 is 1.15 bits per heavy atom. The zero-order valence-electron chi connectivity index (χ0n) is 38.5. The molecule has 331 valence electrons. The molecule has 6 aromatic carbocycles. The average Bonchev–Trinajstić information content (AvgIpc) is 3.80. The van der Waals surface area contributed by atoms with Gasteiger partial charge in [0, 0.05) is 5.56 Å². The van der Waals surface area contributed by atoms with E-state index >= 15 is 0 Å². The van der Waals surface area contributed by atoms with E-state index in [2.05, 4.69) is 166 Å². The summed E-state index contributed by atoms with van der Waals surface area (Å²) in [5.41, 5.74) is 2.94. The quantitative estimate of drug-likeness (QED) is 0.0714. The Kier molecular flexibility index (Phi) is 13.1. The fraction of sp³-hybridized carbons (Fsp3) is 0.255. The lowest BCUT2D eigenvalue weighted by molar-refractivity contribution is -0.241. The van der Waals surface area contributed by atoms with Crippen LogP contribution in [0.15, 0.2) is 183 Å². The Morgan fingerprint density at radius 3 is 1.68 bits per heavy atom. The van der Waals surface area contributed by atoms with Crippen molar-refractivity contribution in [1.82, 2.24) is 19.5 Å². The minimum absolute atomic E-state index is 0.449. The van der Waals surface area contributed by atoms with Crippen LogP contribution in [0.5, 0.6) is 11.5 Å². The van der Waals surface area contributed by atoms with Gasteiger partial charge in [0.2, 0.25) is 9.04 Å². The smallest absolute Gasteiger partial charge is 0.205 e. The van der Waals surface area contributed by atoms with E-state index in [1.54, 1.807) is 20.5 Å². The summed E-state index contributed by atoms with van der Waals surface area (Å²) < 4.78 is 29.7. The fourth-order valence-electron chi connectivity index (χ4n) is 9.37. The molecule has 1 radical (unpaired) electrons. The van der Waals surface area contributed by atoms with Crippen LogP contribution in [0.3, 0.4) is 0 Å². The average molecular weight is 881 g/mol. The van der Waals surface area contributed by atoms with E-state index in [4.69, 9.17) is 33.6 Å². The van der Waals surface area contributed by atoms with E-state index in [1.165, 1.54) is 0 Å². The van der Waals surface area contributed by atoms with Gasteiger partial charge >= 0.3 is 0 Å². The van der Waals surface area contributed by atoms with E-state index < -0.39 is 37.4 Å². The number of para-hydroxylation sites is 1. The van der Waals surface area contributed by atoms with Crippen molar-refractivity contribution >= 4 is 26.0 Å². The van der Waals surface area contributed by atoms with Crippen LogP contribution in [0, 0.1) is 5.41 Å². The number of nitrogens with zero attached hydrogens (tertiary/aromatic N) is 4. The van der Waals surface area contributed by atoms with Gasteiger partial charge in [-0.25, -0.2) is 15.0 Å². The zero-order chi connectivity index (χ0) is 45.7. The molecule has 8 rings (SSSR count). The van der Waals surface area contributed by atoms with Crippen LogP contribution in [-0.2, 0) is 26.0 Å². The van der Waals surface area contributed by atoms with Gasteiger partial charge in [-0.2, -0.15) is 0 Å². The first-order valence-electron chi connectivity index (χ1n) is 22.2. The molecule has 2 heterocycles. The Hall–Kier alpha value is -6.59. The Morgan fingerprint density at radius 1 is 0.615 bits per heavy atom. The van der Waals surface area contributed by atoms with Crippen molar-refractivity contribution in [3.63, 3.8) is 0 Å². The summed E-state index contributed by atoms with van der Waals surface area (Å²) in [7, 11) is 2.07. The molecule has 0 spiro atoms. The number of fused-ring (bicyclic) bond motifs is 1. The fourth-order valence-corrected chi connectivity index (χ4v) is 10.4. The number of hydrogen-bond acceptors (Lipinski definition) is 8. The highest BCUT2D eigenvalue weighted by Gasteiger charge is 2.55. The molecule has 8 aromatic rings. The summed E-state index contributed by atoms with van der Waals surface area (Å²) in [6.45, 7) is 13.2. The molecule has 0 fully saturated rings. The summed E-state index contributed by atoms with van der Waals surface area (Å²) in [5.74, 6) is 1.97. The number of rotatable bonds is 17. The van der Waals surface area contributed by atoms with Gasteiger partial charge < -0.3 is 24.0 Å². The lowest BCUT2D eigenvalue weighted by Crippen LogP contribution is -2.58. The molecular formula is C55H58N5O4Si. The molecule has 9 nitrogen and oxygen atoms in total. The van der Waals surface area contributed by atoms with Crippen LogP contribution in [0.4, 0.5) is 5.82 Å². The van der Waals surface area contributed by atoms with Gasteiger partial charge in [-0.15, -0.1) is 0 Å². The standard InChI is InChI=1S/C55H58N5O4Si/c1-9-53(51(52(2,3)4)63-65(7)8,64-55(42-29-18-12-19-30-42,43-31-20-13-21-32-43)44-33-24-34-45(37-44)61-5)60-39-58-48-49(56-38-57-50(48)60)59-54(40-25-14-10-15-26-40,41-27-16-11-17-28-41)46-35-22-23-36-47(46)62-6/h10-39,51H,9H2,1-8H3,(H,56,57,59). The van der Waals surface area contributed by atoms with E-state index in [0.717, 1.165) is 39.1 Å². The van der Waals surface area contributed by atoms with Crippen molar-refractivity contribution in [1.29, 1.82) is 0 Å². The first kappa shape index (κ1) is 45.0. The number of benzene rings is 6. The van der Waals surface area contributed by atoms with Crippen LogP contribution in [0.25, 0.3) is 11.2 Å².